The van der Waals surface area contributed by atoms with Gasteiger partial charge in [0, 0.05) is 28.3 Å². The number of ether oxygens (including phenoxy) is 2. The zero-order valence-electron chi connectivity index (χ0n) is 18.0. The van der Waals surface area contributed by atoms with Gasteiger partial charge >= 0.3 is 6.01 Å². The molecule has 0 aliphatic rings. The van der Waals surface area contributed by atoms with Crippen molar-refractivity contribution in [2.24, 2.45) is 0 Å². The Balaban J connectivity index is 1.78. The van der Waals surface area contributed by atoms with Crippen molar-refractivity contribution >= 4 is 43.7 Å². The number of aromatic nitrogens is 4. The highest BCUT2D eigenvalue weighted by Gasteiger charge is 2.19. The monoisotopic (exact) mass is 554 g/mol. The summed E-state index contributed by atoms with van der Waals surface area (Å²) in [6, 6.07) is 7.52. The minimum atomic E-state index is -3.82. The van der Waals surface area contributed by atoms with Gasteiger partial charge in [0.1, 0.15) is 19.5 Å². The van der Waals surface area contributed by atoms with E-state index in [9.17, 15) is 8.42 Å². The second-order valence-electron chi connectivity index (χ2n) is 6.51. The molecule has 2 aromatic heterocycles. The van der Waals surface area contributed by atoms with Gasteiger partial charge in [0.05, 0.1) is 5.56 Å². The average Bonchev–Trinajstić information content (AvgIpc) is 2.81. The standard InChI is InChI=1S/C20H23BrN6O4S2/c1-3-8-26-33(28,29)27-18-17(14-4-6-15(21)7-5-14)19(25-13-24-18)30-9-10-31-20-22-11-16(32-2)12-23-20/h4-7,11-13,26H,3,8-10H2,1-2H3,(H,24,25,27). The summed E-state index contributed by atoms with van der Waals surface area (Å²) in [5.74, 6) is 0.311. The quantitative estimate of drug-likeness (QED) is 0.255. The minimum absolute atomic E-state index is 0.0998. The molecule has 1 aromatic carbocycles. The molecular formula is C20H23BrN6O4S2. The lowest BCUT2D eigenvalue weighted by molar-refractivity contribution is 0.201. The zero-order chi connectivity index (χ0) is 23.7. The number of anilines is 1. The van der Waals surface area contributed by atoms with Gasteiger partial charge in [-0.3, -0.25) is 4.72 Å². The normalized spacial score (nSPS) is 11.2. The smallest absolute Gasteiger partial charge is 0.316 e. The van der Waals surface area contributed by atoms with Crippen molar-refractivity contribution in [3.8, 4) is 23.0 Å². The molecule has 0 spiro atoms. The van der Waals surface area contributed by atoms with Crippen molar-refractivity contribution in [3.63, 3.8) is 0 Å². The Bertz CT molecular complexity index is 1150. The molecule has 0 saturated carbocycles. The van der Waals surface area contributed by atoms with Crippen LogP contribution in [-0.2, 0) is 10.2 Å². The molecule has 13 heteroatoms. The topological polar surface area (TPSA) is 128 Å². The molecule has 3 aromatic rings. The van der Waals surface area contributed by atoms with E-state index in [-0.39, 0.29) is 30.9 Å². The molecule has 33 heavy (non-hydrogen) atoms. The van der Waals surface area contributed by atoms with Crippen molar-refractivity contribution in [2.45, 2.75) is 18.2 Å². The maximum atomic E-state index is 12.4. The Morgan fingerprint density at radius 3 is 2.39 bits per heavy atom. The fraction of sp³-hybridized carbons (Fsp3) is 0.300. The van der Waals surface area contributed by atoms with E-state index in [1.807, 2.05) is 37.4 Å². The first kappa shape index (κ1) is 25.1. The molecule has 0 atom stereocenters. The summed E-state index contributed by atoms with van der Waals surface area (Å²) in [4.78, 5) is 17.5. The van der Waals surface area contributed by atoms with Crippen LogP contribution >= 0.6 is 27.7 Å². The van der Waals surface area contributed by atoms with Gasteiger partial charge < -0.3 is 9.47 Å². The van der Waals surface area contributed by atoms with E-state index in [4.69, 9.17) is 9.47 Å². The van der Waals surface area contributed by atoms with Gasteiger partial charge in [0.25, 0.3) is 10.2 Å². The van der Waals surface area contributed by atoms with Gasteiger partial charge in [0.15, 0.2) is 5.82 Å². The molecule has 2 N–H and O–H groups in total. The van der Waals surface area contributed by atoms with Crippen LogP contribution in [0.1, 0.15) is 13.3 Å². The molecule has 0 saturated heterocycles. The maximum Gasteiger partial charge on any atom is 0.316 e. The van der Waals surface area contributed by atoms with E-state index in [0.29, 0.717) is 24.1 Å². The Morgan fingerprint density at radius 2 is 1.73 bits per heavy atom. The first-order valence-electron chi connectivity index (χ1n) is 9.92. The molecule has 10 nitrogen and oxygen atoms in total. The summed E-state index contributed by atoms with van der Waals surface area (Å²) in [5, 5.41) is 0. The second kappa shape index (κ2) is 12.1. The Hall–Kier alpha value is -2.48. The average molecular weight is 555 g/mol. The summed E-state index contributed by atoms with van der Waals surface area (Å²) in [6.45, 7) is 2.47. The lowest BCUT2D eigenvalue weighted by atomic mass is 10.1. The van der Waals surface area contributed by atoms with Gasteiger partial charge in [-0.1, -0.05) is 35.0 Å². The van der Waals surface area contributed by atoms with Crippen LogP contribution in [0.25, 0.3) is 11.1 Å². The number of halogens is 1. The fourth-order valence-corrected chi connectivity index (χ4v) is 4.12. The van der Waals surface area contributed by atoms with Crippen LogP contribution in [0.3, 0.4) is 0 Å². The summed E-state index contributed by atoms with van der Waals surface area (Å²) in [5.41, 5.74) is 1.09. The first-order valence-corrected chi connectivity index (χ1v) is 13.4. The number of nitrogens with zero attached hydrogens (tertiary/aromatic N) is 4. The molecule has 0 radical (unpaired) electrons. The Morgan fingerprint density at radius 1 is 1.03 bits per heavy atom. The van der Waals surface area contributed by atoms with E-state index in [1.54, 1.807) is 12.4 Å². The first-order chi connectivity index (χ1) is 15.9. The predicted molar refractivity (Wildman–Crippen MR) is 131 cm³/mol. The molecule has 0 bridgehead atoms. The molecule has 3 rings (SSSR count). The number of benzene rings is 1. The molecule has 0 aliphatic heterocycles. The number of hydrogen-bond acceptors (Lipinski definition) is 9. The molecule has 2 heterocycles. The van der Waals surface area contributed by atoms with Gasteiger partial charge in [-0.15, -0.1) is 11.8 Å². The highest BCUT2D eigenvalue weighted by molar-refractivity contribution is 9.10. The Kier molecular flexibility index (Phi) is 9.23. The SMILES string of the molecule is CCCNS(=O)(=O)Nc1ncnc(OCCOc2ncc(SC)cn2)c1-c1ccc(Br)cc1. The highest BCUT2D eigenvalue weighted by Crippen LogP contribution is 2.34. The van der Waals surface area contributed by atoms with Gasteiger partial charge in [-0.2, -0.15) is 13.1 Å². The number of hydrogen-bond donors (Lipinski definition) is 2. The number of thioether (sulfide) groups is 1. The molecule has 0 unspecified atom stereocenters. The van der Waals surface area contributed by atoms with E-state index in [0.717, 1.165) is 9.37 Å². The predicted octanol–water partition coefficient (Wildman–Crippen LogP) is 3.53. The third-order valence-electron chi connectivity index (χ3n) is 4.11. The van der Waals surface area contributed by atoms with Crippen molar-refractivity contribution < 1.29 is 17.9 Å². The minimum Gasteiger partial charge on any atom is -0.473 e. The summed E-state index contributed by atoms with van der Waals surface area (Å²) < 4.78 is 41.9. The van der Waals surface area contributed by atoms with Crippen LogP contribution in [0.4, 0.5) is 5.82 Å². The van der Waals surface area contributed by atoms with Gasteiger partial charge in [-0.25, -0.2) is 19.9 Å². The van der Waals surface area contributed by atoms with Crippen LogP contribution in [0.5, 0.6) is 11.9 Å². The number of nitrogens with one attached hydrogen (secondary N) is 2. The summed E-state index contributed by atoms with van der Waals surface area (Å²) in [7, 11) is -3.82. The van der Waals surface area contributed by atoms with Crippen LogP contribution in [-0.4, -0.2) is 54.4 Å². The second-order valence-corrected chi connectivity index (χ2v) is 9.81. The van der Waals surface area contributed by atoms with E-state index in [2.05, 4.69) is 45.3 Å². The Labute approximate surface area is 205 Å². The van der Waals surface area contributed by atoms with Crippen LogP contribution < -0.4 is 18.9 Å². The maximum absolute atomic E-state index is 12.4. The zero-order valence-corrected chi connectivity index (χ0v) is 21.2. The summed E-state index contributed by atoms with van der Waals surface area (Å²) in [6.07, 6.45) is 7.18. The molecular weight excluding hydrogens is 532 g/mol. The van der Waals surface area contributed by atoms with Crippen LogP contribution in [0, 0.1) is 0 Å². The van der Waals surface area contributed by atoms with Crippen molar-refractivity contribution in [2.75, 3.05) is 30.7 Å². The van der Waals surface area contributed by atoms with Crippen molar-refractivity contribution in [3.05, 3.63) is 47.5 Å². The summed E-state index contributed by atoms with van der Waals surface area (Å²) >= 11 is 4.94. The van der Waals surface area contributed by atoms with Crippen molar-refractivity contribution in [1.29, 1.82) is 0 Å². The molecule has 0 fully saturated rings. The third-order valence-corrected chi connectivity index (χ3v) is 6.37. The molecule has 0 amide bonds. The molecule has 0 aliphatic carbocycles. The van der Waals surface area contributed by atoms with E-state index >= 15 is 0 Å². The van der Waals surface area contributed by atoms with E-state index in [1.165, 1.54) is 18.1 Å². The van der Waals surface area contributed by atoms with Crippen LogP contribution in [0.2, 0.25) is 0 Å². The third kappa shape index (κ3) is 7.52. The van der Waals surface area contributed by atoms with Crippen molar-refractivity contribution in [1.82, 2.24) is 24.7 Å². The van der Waals surface area contributed by atoms with Gasteiger partial charge in [-0.05, 0) is 30.4 Å². The van der Waals surface area contributed by atoms with Gasteiger partial charge in [0.2, 0.25) is 5.88 Å². The lowest BCUT2D eigenvalue weighted by Crippen LogP contribution is -2.31. The molecule has 176 valence electrons. The largest absolute Gasteiger partial charge is 0.473 e. The fourth-order valence-electron chi connectivity index (χ4n) is 2.59. The number of rotatable bonds is 12. The lowest BCUT2D eigenvalue weighted by Gasteiger charge is -2.15. The van der Waals surface area contributed by atoms with E-state index < -0.39 is 10.2 Å². The highest BCUT2D eigenvalue weighted by atomic mass is 79.9. The van der Waals surface area contributed by atoms with Crippen LogP contribution in [0.15, 0.2) is 52.4 Å².